The van der Waals surface area contributed by atoms with Gasteiger partial charge in [-0.2, -0.15) is 4.58 Å². The van der Waals surface area contributed by atoms with Crippen molar-refractivity contribution in [2.45, 2.75) is 85.6 Å². The van der Waals surface area contributed by atoms with Gasteiger partial charge in [-0.1, -0.05) is 126 Å². The van der Waals surface area contributed by atoms with E-state index < -0.39 is 7.25 Å². The molecule has 8 rings (SSSR count). The van der Waals surface area contributed by atoms with Gasteiger partial charge in [0.1, 0.15) is 12.3 Å². The molecule has 0 radical (unpaired) electrons. The second-order valence-electron chi connectivity index (χ2n) is 16.0. The first-order valence-corrected chi connectivity index (χ1v) is 21.5. The maximum atomic E-state index is 9.75. The minimum atomic E-state index is -6.00. The van der Waals surface area contributed by atoms with Crippen molar-refractivity contribution in [3.05, 3.63) is 143 Å². The third-order valence-corrected chi connectivity index (χ3v) is 11.5. The number of rotatable bonds is 14. The summed E-state index contributed by atoms with van der Waals surface area (Å²) in [5.74, 6) is 1.48. The number of hydrogen-bond donors (Lipinski definition) is 0. The van der Waals surface area contributed by atoms with Crippen LogP contribution in [-0.2, 0) is 6.54 Å². The lowest BCUT2D eigenvalue weighted by atomic mass is 9.78. The predicted molar refractivity (Wildman–Crippen MR) is 241 cm³/mol. The fraction of sp³-hybridized carbons (Fsp3) is 0.314. The minimum absolute atomic E-state index is 0.528. The van der Waals surface area contributed by atoms with Gasteiger partial charge in [0, 0.05) is 46.7 Å². The van der Waals surface area contributed by atoms with Crippen molar-refractivity contribution in [3.63, 3.8) is 0 Å². The number of aryl methyl sites for hydroxylation is 1. The van der Waals surface area contributed by atoms with E-state index >= 15 is 0 Å². The van der Waals surface area contributed by atoms with Gasteiger partial charge in [-0.05, 0) is 95.0 Å². The van der Waals surface area contributed by atoms with E-state index in [0.29, 0.717) is 5.92 Å². The molecule has 3 nitrogen and oxygen atoms in total. The molecule has 0 bridgehead atoms. The van der Waals surface area contributed by atoms with E-state index in [2.05, 4.69) is 158 Å². The molecule has 1 aliphatic carbocycles. The Morgan fingerprint density at radius 3 is 2.10 bits per heavy atom. The van der Waals surface area contributed by atoms with Crippen LogP contribution in [0.4, 0.5) is 23.0 Å². The smallest absolute Gasteiger partial charge is 0.494 e. The molecular weight excluding hydrogens is 743 g/mol. The quantitative estimate of drug-likeness (QED) is 0.0464. The molecule has 8 heteroatoms. The predicted octanol–water partition coefficient (Wildman–Crippen LogP) is 14.0. The van der Waals surface area contributed by atoms with E-state index in [9.17, 15) is 17.3 Å². The van der Waals surface area contributed by atoms with Gasteiger partial charge in [-0.15, -0.1) is 0 Å². The van der Waals surface area contributed by atoms with Crippen molar-refractivity contribution in [2.24, 2.45) is 5.92 Å². The van der Waals surface area contributed by atoms with Crippen LogP contribution < -0.4 is 10.1 Å². The van der Waals surface area contributed by atoms with Gasteiger partial charge in [-0.3, -0.25) is 0 Å². The van der Waals surface area contributed by atoms with Crippen molar-refractivity contribution in [2.75, 3.05) is 13.2 Å². The number of ether oxygens (including phenoxy) is 1. The van der Waals surface area contributed by atoms with E-state index in [4.69, 9.17) is 4.74 Å². The Bertz CT molecular complexity index is 2600. The summed E-state index contributed by atoms with van der Waals surface area (Å²) in [6.45, 7) is 12.0. The highest BCUT2D eigenvalue weighted by Crippen LogP contribution is 2.42. The largest absolute Gasteiger partial charge is 0.673 e. The third-order valence-electron chi connectivity index (χ3n) is 11.5. The van der Waals surface area contributed by atoms with Crippen LogP contribution in [0.1, 0.15) is 90.2 Å². The summed E-state index contributed by atoms with van der Waals surface area (Å²) in [6.07, 6.45) is 18.7. The van der Waals surface area contributed by atoms with Crippen LogP contribution in [0, 0.1) is 5.92 Å². The molecule has 2 aliphatic rings. The van der Waals surface area contributed by atoms with Crippen LogP contribution >= 0.6 is 0 Å². The zero-order chi connectivity index (χ0) is 41.5. The van der Waals surface area contributed by atoms with E-state index in [0.717, 1.165) is 64.0 Å². The molecular formula is C51H55BF4N2O. The summed E-state index contributed by atoms with van der Waals surface area (Å²) >= 11 is 0. The Hall–Kier alpha value is -5.37. The van der Waals surface area contributed by atoms with E-state index in [-0.39, 0.29) is 0 Å². The van der Waals surface area contributed by atoms with Crippen LogP contribution in [0.25, 0.3) is 44.1 Å². The summed E-state index contributed by atoms with van der Waals surface area (Å²) in [4.78, 5) is 0. The second-order valence-corrected chi connectivity index (χ2v) is 16.0. The van der Waals surface area contributed by atoms with Crippen LogP contribution in [-0.4, -0.2) is 35.3 Å². The highest BCUT2D eigenvalue weighted by atomic mass is 19.5. The number of hydrogen-bond acceptors (Lipinski definition) is 1. The SMILES string of the molecule is CCCCOc1ccc(C2=C(/C=C/C3=[N+](CCCC)c4cccc5cccc3c45)CC(C)C/C2=C\C=c2c3cccc4cccc(c43)n2CCCC)cc1.F[B-](F)(F)F. The summed E-state index contributed by atoms with van der Waals surface area (Å²) in [5.41, 5.74) is 10.8. The normalized spacial score (nSPS) is 16.7. The van der Waals surface area contributed by atoms with Crippen LogP contribution in [0.3, 0.4) is 0 Å². The monoisotopic (exact) mass is 798 g/mol. The Balaban J connectivity index is 0.000000997. The molecule has 0 amide bonds. The lowest BCUT2D eigenvalue weighted by Gasteiger charge is -2.27. The molecule has 59 heavy (non-hydrogen) atoms. The van der Waals surface area contributed by atoms with Gasteiger partial charge in [0.15, 0.2) is 0 Å². The molecule has 1 unspecified atom stereocenters. The first-order chi connectivity index (χ1) is 28.6. The average molecular weight is 799 g/mol. The van der Waals surface area contributed by atoms with Crippen molar-refractivity contribution < 1.29 is 26.6 Å². The summed E-state index contributed by atoms with van der Waals surface area (Å²) in [7, 11) is -6.00. The highest BCUT2D eigenvalue weighted by Gasteiger charge is 2.30. The lowest BCUT2D eigenvalue weighted by Crippen LogP contribution is -2.16. The lowest BCUT2D eigenvalue weighted by molar-refractivity contribution is -0.436. The summed E-state index contributed by atoms with van der Waals surface area (Å²) in [6, 6.07) is 36.0. The number of benzene rings is 5. The van der Waals surface area contributed by atoms with Crippen molar-refractivity contribution in [1.29, 1.82) is 0 Å². The van der Waals surface area contributed by atoms with Crippen molar-refractivity contribution >= 4 is 62.8 Å². The summed E-state index contributed by atoms with van der Waals surface area (Å²) in [5, 5.41) is 8.06. The summed E-state index contributed by atoms with van der Waals surface area (Å²) < 4.78 is 50.3. The van der Waals surface area contributed by atoms with Crippen LogP contribution in [0.2, 0.25) is 0 Å². The number of halogens is 4. The molecule has 0 spiro atoms. The molecule has 306 valence electrons. The first-order valence-electron chi connectivity index (χ1n) is 21.5. The molecule has 1 aliphatic heterocycles. The average Bonchev–Trinajstić information content (AvgIpc) is 3.70. The molecule has 6 aromatic rings. The Labute approximate surface area is 346 Å². The van der Waals surface area contributed by atoms with Gasteiger partial charge in [0.25, 0.3) is 0 Å². The van der Waals surface area contributed by atoms with Gasteiger partial charge in [-0.25, -0.2) is 0 Å². The number of allylic oxidation sites excluding steroid dienone is 6. The van der Waals surface area contributed by atoms with Gasteiger partial charge < -0.3 is 26.6 Å². The Morgan fingerprint density at radius 2 is 1.39 bits per heavy atom. The fourth-order valence-electron chi connectivity index (χ4n) is 8.86. The van der Waals surface area contributed by atoms with Gasteiger partial charge >= 0.3 is 7.25 Å². The molecule has 0 fully saturated rings. The molecule has 0 saturated heterocycles. The highest BCUT2D eigenvalue weighted by molar-refractivity contribution is 6.50. The zero-order valence-electron chi connectivity index (χ0n) is 34.8. The van der Waals surface area contributed by atoms with Crippen molar-refractivity contribution in [3.8, 4) is 5.75 Å². The Morgan fingerprint density at radius 1 is 0.729 bits per heavy atom. The fourth-order valence-corrected chi connectivity index (χ4v) is 8.86. The topological polar surface area (TPSA) is 17.2 Å². The molecule has 1 atom stereocenters. The maximum absolute atomic E-state index is 9.75. The number of nitrogens with zero attached hydrogens (tertiary/aromatic N) is 2. The minimum Gasteiger partial charge on any atom is -0.494 e. The van der Waals surface area contributed by atoms with E-state index in [1.54, 1.807) is 0 Å². The molecule has 5 aromatic carbocycles. The standard InChI is InChI=1S/C51H55N2O.BF4/c1-5-8-31-52-45(43-19-11-15-37-17-13-21-47(52)50(37)43)29-25-40-34-36(4)35-41(49(40)39-23-27-42(28-24-39)54-33-10-7-3)26-30-46-44-20-12-16-38-18-14-22-48(51(38)44)53(46)32-9-6-2;2-1(3,4)5/h11-30,36H,5-10,31-35H2,1-4H3;/q+1;-1. The van der Waals surface area contributed by atoms with Gasteiger partial charge in [0.05, 0.1) is 17.6 Å². The van der Waals surface area contributed by atoms with Crippen molar-refractivity contribution in [1.82, 2.24) is 4.57 Å². The van der Waals surface area contributed by atoms with E-state index in [1.807, 2.05) is 0 Å². The molecule has 0 N–H and O–H groups in total. The molecule has 1 aromatic heterocycles. The molecule has 0 saturated carbocycles. The maximum Gasteiger partial charge on any atom is 0.673 e. The first kappa shape index (κ1) is 41.8. The van der Waals surface area contributed by atoms with Crippen LogP contribution in [0.5, 0.6) is 5.75 Å². The second kappa shape index (κ2) is 18.7. The van der Waals surface area contributed by atoms with Gasteiger partial charge in [0.2, 0.25) is 11.4 Å². The van der Waals surface area contributed by atoms with E-state index in [1.165, 1.54) is 89.9 Å². The zero-order valence-corrected chi connectivity index (χ0v) is 34.8. The third kappa shape index (κ3) is 9.43. The molecule has 2 heterocycles. The number of unbranched alkanes of at least 4 members (excludes halogenated alkanes) is 3. The Kier molecular flexibility index (Phi) is 13.2. The van der Waals surface area contributed by atoms with Crippen LogP contribution in [0.15, 0.2) is 126 Å². The number of aromatic nitrogens is 1.